The third kappa shape index (κ3) is 6.38. The highest BCUT2D eigenvalue weighted by molar-refractivity contribution is 5.89. The van der Waals surface area contributed by atoms with Gasteiger partial charge < -0.3 is 25.8 Å². The first-order valence-corrected chi connectivity index (χ1v) is 7.87. The molecule has 0 aliphatic heterocycles. The Morgan fingerprint density at radius 3 is 2.73 bits per heavy atom. The summed E-state index contributed by atoms with van der Waals surface area (Å²) in [6.45, 7) is 7.57. The highest BCUT2D eigenvalue weighted by Crippen LogP contribution is 2.11. The first-order valence-electron chi connectivity index (χ1n) is 7.87. The van der Waals surface area contributed by atoms with Crippen LogP contribution in [-0.4, -0.2) is 61.0 Å². The van der Waals surface area contributed by atoms with E-state index in [1.165, 1.54) is 17.0 Å². The van der Waals surface area contributed by atoms with Crippen molar-refractivity contribution in [3.05, 3.63) is 22.5 Å². The Morgan fingerprint density at radius 1 is 1.46 bits per heavy atom. The lowest BCUT2D eigenvalue weighted by molar-refractivity contribution is -0.397. The van der Waals surface area contributed by atoms with E-state index in [4.69, 9.17) is 15.3 Å². The van der Waals surface area contributed by atoms with Gasteiger partial charge in [0.05, 0.1) is 17.0 Å². The molecule has 1 aromatic heterocycles. The molecule has 4 N–H and O–H groups in total. The van der Waals surface area contributed by atoms with Crippen molar-refractivity contribution in [3.63, 3.8) is 0 Å². The second-order valence-electron chi connectivity index (χ2n) is 6.26. The summed E-state index contributed by atoms with van der Waals surface area (Å²) in [5, 5.41) is 37.9. The number of aromatic nitrogens is 2. The van der Waals surface area contributed by atoms with Crippen molar-refractivity contribution < 1.29 is 20.2 Å². The van der Waals surface area contributed by atoms with Crippen LogP contribution in [0.25, 0.3) is 0 Å². The highest BCUT2D eigenvalue weighted by atomic mass is 16.7. The molecule has 1 aromatic rings. The van der Waals surface area contributed by atoms with Crippen molar-refractivity contribution in [3.8, 4) is 0 Å². The van der Waals surface area contributed by atoms with Gasteiger partial charge >= 0.3 is 5.95 Å². The van der Waals surface area contributed by atoms with Gasteiger partial charge in [-0.3, -0.25) is 4.84 Å². The standard InChI is InChI=1S/C14H25N7O5/c1-10(17-22)7-15-8-12(26-19-14(3,4)11(2)18-23)9-20-6-5-16-13(20)21(24)25/h5-6,12,15,19,22-23H,7-9H2,1-4H3/b17-10+,18-11+/t12-/m0/s1. The van der Waals surface area contributed by atoms with Crippen molar-refractivity contribution in [1.82, 2.24) is 20.3 Å². The molecule has 0 radical (unpaired) electrons. The summed E-state index contributed by atoms with van der Waals surface area (Å²) in [7, 11) is 0. The largest absolute Gasteiger partial charge is 0.434 e. The van der Waals surface area contributed by atoms with Gasteiger partial charge in [0.1, 0.15) is 25.0 Å². The fraction of sp³-hybridized carbons (Fsp3) is 0.643. The normalized spacial score (nSPS) is 14.5. The number of nitrogens with one attached hydrogen (secondary N) is 2. The van der Waals surface area contributed by atoms with Crippen LogP contribution in [0.2, 0.25) is 0 Å². The molecule has 0 bridgehead atoms. The molecule has 26 heavy (non-hydrogen) atoms. The van der Waals surface area contributed by atoms with Gasteiger partial charge in [-0.25, -0.2) is 4.57 Å². The average molecular weight is 371 g/mol. The minimum Gasteiger partial charge on any atom is -0.411 e. The van der Waals surface area contributed by atoms with Crippen molar-refractivity contribution >= 4 is 17.4 Å². The molecular formula is C14H25N7O5. The van der Waals surface area contributed by atoms with E-state index in [2.05, 4.69) is 26.1 Å². The molecule has 0 fully saturated rings. The molecule has 0 saturated carbocycles. The fourth-order valence-electron chi connectivity index (χ4n) is 1.86. The monoisotopic (exact) mass is 371 g/mol. The Kier molecular flexibility index (Phi) is 8.09. The molecule has 0 saturated heterocycles. The maximum absolute atomic E-state index is 11.0. The van der Waals surface area contributed by atoms with Crippen LogP contribution in [0.4, 0.5) is 5.95 Å². The zero-order valence-electron chi connectivity index (χ0n) is 15.2. The highest BCUT2D eigenvalue weighted by Gasteiger charge is 2.26. The van der Waals surface area contributed by atoms with Crippen LogP contribution in [0.3, 0.4) is 0 Å². The summed E-state index contributed by atoms with van der Waals surface area (Å²) in [6.07, 6.45) is 2.30. The van der Waals surface area contributed by atoms with Gasteiger partial charge in [0, 0.05) is 13.1 Å². The summed E-state index contributed by atoms with van der Waals surface area (Å²) >= 11 is 0. The van der Waals surface area contributed by atoms with E-state index in [1.807, 2.05) is 0 Å². The van der Waals surface area contributed by atoms with Crippen LogP contribution in [0.1, 0.15) is 27.7 Å². The van der Waals surface area contributed by atoms with Crippen molar-refractivity contribution in [2.24, 2.45) is 10.3 Å². The number of oxime groups is 2. The molecule has 0 aliphatic carbocycles. The minimum atomic E-state index is -0.754. The molecule has 146 valence electrons. The third-order valence-electron chi connectivity index (χ3n) is 3.72. The topological polar surface area (TPSA) is 159 Å². The van der Waals surface area contributed by atoms with Crippen LogP contribution in [0.5, 0.6) is 0 Å². The van der Waals surface area contributed by atoms with Crippen LogP contribution in [0.15, 0.2) is 22.7 Å². The van der Waals surface area contributed by atoms with Gasteiger partial charge in [-0.05, 0) is 32.6 Å². The Hall–Kier alpha value is -2.57. The van der Waals surface area contributed by atoms with E-state index < -0.39 is 16.6 Å². The number of hydrogen-bond acceptors (Lipinski definition) is 10. The average Bonchev–Trinajstić information content (AvgIpc) is 3.06. The summed E-state index contributed by atoms with van der Waals surface area (Å²) in [6, 6.07) is 0. The van der Waals surface area contributed by atoms with E-state index >= 15 is 0 Å². The molecular weight excluding hydrogens is 346 g/mol. The van der Waals surface area contributed by atoms with Crippen molar-refractivity contribution in [2.45, 2.75) is 45.9 Å². The molecule has 12 nitrogen and oxygen atoms in total. The van der Waals surface area contributed by atoms with E-state index in [0.717, 1.165) is 0 Å². The molecule has 0 spiro atoms. The molecule has 0 aliphatic rings. The molecule has 1 heterocycles. The number of imidazole rings is 1. The molecule has 0 aromatic carbocycles. The Morgan fingerprint density at radius 2 is 2.15 bits per heavy atom. The SMILES string of the molecule is C/C(CNC[C@@H](Cn1ccnc1[N+](=O)[O-])ONC(C)(C)/C(C)=N/O)=N\O. The number of rotatable bonds is 11. The number of nitrogens with zero attached hydrogens (tertiary/aromatic N) is 5. The number of hydroxylamine groups is 1. The lowest BCUT2D eigenvalue weighted by atomic mass is 10.0. The molecule has 1 atom stereocenters. The maximum atomic E-state index is 11.0. The number of hydrogen-bond donors (Lipinski definition) is 4. The van der Waals surface area contributed by atoms with E-state index in [9.17, 15) is 10.1 Å². The summed E-state index contributed by atoms with van der Waals surface area (Å²) in [4.78, 5) is 19.8. The zero-order valence-corrected chi connectivity index (χ0v) is 15.2. The first kappa shape index (κ1) is 21.5. The summed E-state index contributed by atoms with van der Waals surface area (Å²) < 4.78 is 1.36. The Bertz CT molecular complexity index is 656. The van der Waals surface area contributed by atoms with Gasteiger partial charge in [0.2, 0.25) is 0 Å². The van der Waals surface area contributed by atoms with Crippen LogP contribution in [-0.2, 0) is 11.4 Å². The fourth-order valence-corrected chi connectivity index (χ4v) is 1.86. The maximum Gasteiger partial charge on any atom is 0.434 e. The molecule has 0 amide bonds. The second kappa shape index (κ2) is 9.79. The predicted octanol–water partition coefficient (Wildman–Crippen LogP) is 0.750. The zero-order chi connectivity index (χ0) is 19.7. The van der Waals surface area contributed by atoms with Crippen LogP contribution < -0.4 is 10.8 Å². The van der Waals surface area contributed by atoms with E-state index in [1.54, 1.807) is 27.7 Å². The lowest BCUT2D eigenvalue weighted by Gasteiger charge is -2.28. The van der Waals surface area contributed by atoms with Crippen LogP contribution >= 0.6 is 0 Å². The molecule has 1 rings (SSSR count). The molecule has 12 heteroatoms. The first-order chi connectivity index (χ1) is 12.2. The van der Waals surface area contributed by atoms with E-state index in [-0.39, 0.29) is 12.5 Å². The Balaban J connectivity index is 2.81. The van der Waals surface area contributed by atoms with Gasteiger partial charge in [-0.1, -0.05) is 15.3 Å². The van der Waals surface area contributed by atoms with Gasteiger partial charge in [0.25, 0.3) is 0 Å². The Labute approximate surface area is 150 Å². The minimum absolute atomic E-state index is 0.150. The van der Waals surface area contributed by atoms with Gasteiger partial charge in [-0.2, -0.15) is 5.48 Å². The lowest BCUT2D eigenvalue weighted by Crippen LogP contribution is -2.49. The molecule has 0 unspecified atom stereocenters. The number of nitro groups is 1. The van der Waals surface area contributed by atoms with Gasteiger partial charge in [0.15, 0.2) is 0 Å². The van der Waals surface area contributed by atoms with E-state index in [0.29, 0.717) is 24.5 Å². The predicted molar refractivity (Wildman–Crippen MR) is 93.6 cm³/mol. The summed E-state index contributed by atoms with van der Waals surface area (Å²) in [5.41, 5.74) is 2.94. The summed E-state index contributed by atoms with van der Waals surface area (Å²) in [5.74, 6) is -0.293. The van der Waals surface area contributed by atoms with Crippen molar-refractivity contribution in [2.75, 3.05) is 13.1 Å². The van der Waals surface area contributed by atoms with Gasteiger partial charge in [-0.15, -0.1) is 0 Å². The smallest absolute Gasteiger partial charge is 0.411 e. The second-order valence-corrected chi connectivity index (χ2v) is 6.26. The van der Waals surface area contributed by atoms with Crippen molar-refractivity contribution in [1.29, 1.82) is 0 Å². The quantitative estimate of drug-likeness (QED) is 0.192. The van der Waals surface area contributed by atoms with Crippen LogP contribution in [0, 0.1) is 10.1 Å². The third-order valence-corrected chi connectivity index (χ3v) is 3.72.